The van der Waals surface area contributed by atoms with Gasteiger partial charge in [0.25, 0.3) is 11.6 Å². The van der Waals surface area contributed by atoms with Gasteiger partial charge in [-0.2, -0.15) is 0 Å². The molecule has 2 aromatic rings. The van der Waals surface area contributed by atoms with Crippen LogP contribution < -0.4 is 15.8 Å². The van der Waals surface area contributed by atoms with Crippen LogP contribution in [-0.4, -0.2) is 29.5 Å². The van der Waals surface area contributed by atoms with Crippen molar-refractivity contribution in [1.82, 2.24) is 4.98 Å². The molecule has 1 aromatic carbocycles. The van der Waals surface area contributed by atoms with E-state index in [2.05, 4.69) is 10.3 Å². The highest BCUT2D eigenvalue weighted by molar-refractivity contribution is 5.98. The molecule has 3 N–H and O–H groups in total. The van der Waals surface area contributed by atoms with Crippen LogP contribution in [0.25, 0.3) is 0 Å². The van der Waals surface area contributed by atoms with Crippen LogP contribution in [0.3, 0.4) is 0 Å². The highest BCUT2D eigenvalue weighted by Gasteiger charge is 2.40. The first-order valence-corrected chi connectivity index (χ1v) is 8.28. The van der Waals surface area contributed by atoms with Crippen LogP contribution in [0.1, 0.15) is 35.2 Å². The Labute approximate surface area is 150 Å². The quantitative estimate of drug-likeness (QED) is 0.581. The first-order valence-electron chi connectivity index (χ1n) is 8.28. The van der Waals surface area contributed by atoms with E-state index in [1.165, 1.54) is 0 Å². The number of carbonyl (C=O) groups is 1. The molecule has 1 aliphatic carbocycles. The van der Waals surface area contributed by atoms with Crippen LogP contribution >= 0.6 is 0 Å². The predicted octanol–water partition coefficient (Wildman–Crippen LogP) is 2.63. The first-order chi connectivity index (χ1) is 12.5. The van der Waals surface area contributed by atoms with Gasteiger partial charge in [0.1, 0.15) is 17.8 Å². The number of benzene rings is 1. The maximum Gasteiger partial charge on any atom is 0.288 e. The maximum absolute atomic E-state index is 11.7. The average Bonchev–Trinajstić information content (AvgIpc) is 2.61. The molecular formula is C18H20N4O4. The monoisotopic (exact) mass is 356 g/mol. The number of rotatable bonds is 7. The third kappa shape index (κ3) is 3.17. The molecule has 8 nitrogen and oxygen atoms in total. The summed E-state index contributed by atoms with van der Waals surface area (Å²) < 4.78 is 5.49. The minimum Gasteiger partial charge on any atom is -0.496 e. The van der Waals surface area contributed by atoms with Gasteiger partial charge in [0.2, 0.25) is 0 Å². The second kappa shape index (κ2) is 6.99. The van der Waals surface area contributed by atoms with E-state index in [0.29, 0.717) is 6.54 Å². The molecule has 0 unspecified atom stereocenters. The summed E-state index contributed by atoms with van der Waals surface area (Å²) in [5.41, 5.74) is 6.07. The topological polar surface area (TPSA) is 120 Å². The van der Waals surface area contributed by atoms with Gasteiger partial charge in [0.15, 0.2) is 0 Å². The molecule has 1 fully saturated rings. The zero-order chi connectivity index (χ0) is 18.7. The third-order valence-corrected chi connectivity index (χ3v) is 4.93. The summed E-state index contributed by atoms with van der Waals surface area (Å²) in [6, 6.07) is 9.00. The highest BCUT2D eigenvalue weighted by Crippen LogP contribution is 2.47. The molecule has 3 rings (SSSR count). The van der Waals surface area contributed by atoms with Gasteiger partial charge in [-0.05, 0) is 18.9 Å². The molecule has 0 radical (unpaired) electrons. The summed E-state index contributed by atoms with van der Waals surface area (Å²) in [5, 5.41) is 14.1. The van der Waals surface area contributed by atoms with Gasteiger partial charge < -0.3 is 15.8 Å². The van der Waals surface area contributed by atoms with Crippen molar-refractivity contribution in [3.8, 4) is 5.75 Å². The fourth-order valence-electron chi connectivity index (χ4n) is 3.36. The Morgan fingerprint density at radius 2 is 2.15 bits per heavy atom. The fourth-order valence-corrected chi connectivity index (χ4v) is 3.36. The van der Waals surface area contributed by atoms with Crippen molar-refractivity contribution in [1.29, 1.82) is 0 Å². The molecule has 1 saturated carbocycles. The molecule has 0 atom stereocenters. The van der Waals surface area contributed by atoms with Crippen molar-refractivity contribution in [2.75, 3.05) is 19.0 Å². The fraction of sp³-hybridized carbons (Fsp3) is 0.333. The summed E-state index contributed by atoms with van der Waals surface area (Å²) in [7, 11) is 1.64. The van der Waals surface area contributed by atoms with Gasteiger partial charge in [-0.3, -0.25) is 14.9 Å². The zero-order valence-electron chi connectivity index (χ0n) is 14.4. The number of aromatic nitrogens is 1. The Balaban J connectivity index is 1.88. The van der Waals surface area contributed by atoms with Gasteiger partial charge in [-0.15, -0.1) is 0 Å². The first kappa shape index (κ1) is 17.7. The van der Waals surface area contributed by atoms with Crippen molar-refractivity contribution < 1.29 is 14.5 Å². The van der Waals surface area contributed by atoms with Crippen molar-refractivity contribution in [3.05, 3.63) is 57.8 Å². The van der Waals surface area contributed by atoms with Gasteiger partial charge in [0.05, 0.1) is 17.6 Å². The molecule has 0 aliphatic heterocycles. The van der Waals surface area contributed by atoms with Crippen molar-refractivity contribution >= 4 is 17.4 Å². The number of hydrogen-bond donors (Lipinski definition) is 2. The second-order valence-corrected chi connectivity index (χ2v) is 6.40. The Hall–Kier alpha value is -3.16. The number of primary amides is 1. The average molecular weight is 356 g/mol. The number of nitrogens with two attached hydrogens (primary N) is 1. The molecule has 26 heavy (non-hydrogen) atoms. The molecule has 8 heteroatoms. The van der Waals surface area contributed by atoms with E-state index in [-0.39, 0.29) is 22.5 Å². The van der Waals surface area contributed by atoms with Gasteiger partial charge >= 0.3 is 0 Å². The number of nitrogens with one attached hydrogen (secondary N) is 1. The molecule has 1 heterocycles. The Bertz CT molecular complexity index is 849. The Morgan fingerprint density at radius 3 is 2.73 bits per heavy atom. The minimum absolute atomic E-state index is 0.00806. The third-order valence-electron chi connectivity index (χ3n) is 4.93. The number of nitro groups is 1. The molecule has 1 amide bonds. The number of hydrogen-bond acceptors (Lipinski definition) is 6. The smallest absolute Gasteiger partial charge is 0.288 e. The Morgan fingerprint density at radius 1 is 1.42 bits per heavy atom. The number of ether oxygens (including phenoxy) is 1. The number of pyridine rings is 1. The summed E-state index contributed by atoms with van der Waals surface area (Å²) in [6.07, 6.45) is 4.15. The van der Waals surface area contributed by atoms with E-state index in [4.69, 9.17) is 10.5 Å². The molecule has 1 aromatic heterocycles. The van der Waals surface area contributed by atoms with Crippen molar-refractivity contribution in [2.24, 2.45) is 5.73 Å². The molecular weight excluding hydrogens is 336 g/mol. The number of amides is 1. The summed E-state index contributed by atoms with van der Waals surface area (Å²) in [4.78, 5) is 26.0. The van der Waals surface area contributed by atoms with E-state index in [9.17, 15) is 14.9 Å². The highest BCUT2D eigenvalue weighted by atomic mass is 16.6. The van der Waals surface area contributed by atoms with Crippen LogP contribution in [0.15, 0.2) is 36.5 Å². The van der Waals surface area contributed by atoms with Gasteiger partial charge in [0, 0.05) is 23.6 Å². The van der Waals surface area contributed by atoms with E-state index in [1.54, 1.807) is 7.11 Å². The zero-order valence-corrected chi connectivity index (χ0v) is 14.4. The second-order valence-electron chi connectivity index (χ2n) is 6.40. The maximum atomic E-state index is 11.7. The minimum atomic E-state index is -0.761. The lowest BCUT2D eigenvalue weighted by Gasteiger charge is -2.43. The predicted molar refractivity (Wildman–Crippen MR) is 96.4 cm³/mol. The number of carbonyl (C=O) groups excluding carboxylic acids is 1. The molecule has 0 saturated heterocycles. The van der Waals surface area contributed by atoms with E-state index in [0.717, 1.165) is 42.8 Å². The normalized spacial score (nSPS) is 15.0. The van der Waals surface area contributed by atoms with Crippen molar-refractivity contribution in [3.63, 3.8) is 0 Å². The van der Waals surface area contributed by atoms with Crippen LogP contribution in [0.4, 0.5) is 11.5 Å². The van der Waals surface area contributed by atoms with Crippen LogP contribution in [0.2, 0.25) is 0 Å². The molecule has 0 spiro atoms. The van der Waals surface area contributed by atoms with Gasteiger partial charge in [-0.25, -0.2) is 4.98 Å². The number of methoxy groups -OCH3 is 1. The van der Waals surface area contributed by atoms with Crippen LogP contribution in [0.5, 0.6) is 5.75 Å². The Kier molecular flexibility index (Phi) is 4.75. The lowest BCUT2D eigenvalue weighted by Crippen LogP contribution is -2.41. The van der Waals surface area contributed by atoms with E-state index in [1.807, 2.05) is 24.3 Å². The molecule has 0 bridgehead atoms. The van der Waals surface area contributed by atoms with E-state index < -0.39 is 10.8 Å². The van der Waals surface area contributed by atoms with Crippen LogP contribution in [0, 0.1) is 10.1 Å². The lowest BCUT2D eigenvalue weighted by atomic mass is 9.64. The standard InChI is InChI=1S/C18H20N4O4/c1-26-15-6-3-2-5-14(15)18(7-4-8-18)11-21-17-13(16(19)23)9-12(10-20-17)22(24)25/h2-3,5-6,9-10H,4,7-8,11H2,1H3,(H2,19,23)(H,20,21). The number of para-hydroxylation sites is 1. The van der Waals surface area contributed by atoms with Gasteiger partial charge in [-0.1, -0.05) is 24.6 Å². The summed E-state index contributed by atoms with van der Waals surface area (Å²) in [5.74, 6) is 0.314. The van der Waals surface area contributed by atoms with Crippen LogP contribution in [-0.2, 0) is 5.41 Å². The molecule has 1 aliphatic rings. The summed E-state index contributed by atoms with van der Waals surface area (Å²) >= 11 is 0. The van der Waals surface area contributed by atoms with Crippen molar-refractivity contribution in [2.45, 2.75) is 24.7 Å². The number of nitrogens with zero attached hydrogens (tertiary/aromatic N) is 2. The van der Waals surface area contributed by atoms with E-state index >= 15 is 0 Å². The number of anilines is 1. The largest absolute Gasteiger partial charge is 0.496 e. The summed E-state index contributed by atoms with van der Waals surface area (Å²) in [6.45, 7) is 0.526. The molecule has 136 valence electrons. The SMILES string of the molecule is COc1ccccc1C1(CNc2ncc([N+](=O)[O-])cc2C(N)=O)CCC1. The lowest BCUT2D eigenvalue weighted by molar-refractivity contribution is -0.385.